The van der Waals surface area contributed by atoms with Gasteiger partial charge in [0.25, 0.3) is 11.8 Å². The van der Waals surface area contributed by atoms with Gasteiger partial charge in [-0.15, -0.1) is 11.8 Å². The summed E-state index contributed by atoms with van der Waals surface area (Å²) in [5, 5.41) is 0. The fourth-order valence-corrected chi connectivity index (χ4v) is 3.41. The second-order valence-corrected chi connectivity index (χ2v) is 6.78. The predicted octanol–water partition coefficient (Wildman–Crippen LogP) is 3.15. The van der Waals surface area contributed by atoms with E-state index in [1.54, 1.807) is 42.5 Å². The maximum Gasteiger partial charge on any atom is 0.329 e. The van der Waals surface area contributed by atoms with Crippen molar-refractivity contribution in [2.75, 3.05) is 12.4 Å². The molecule has 2 aromatic rings. The number of nitrogens with zero attached hydrogens (tertiary/aromatic N) is 1. The molecule has 0 aliphatic carbocycles. The Morgan fingerprint density at radius 2 is 1.65 bits per heavy atom. The predicted molar refractivity (Wildman–Crippen MR) is 94.5 cm³/mol. The number of carbonyl (C=O) groups is 3. The summed E-state index contributed by atoms with van der Waals surface area (Å²) in [4.78, 5) is 38.3. The average Bonchev–Trinajstić information content (AvgIpc) is 2.90. The van der Waals surface area contributed by atoms with Crippen LogP contribution in [-0.4, -0.2) is 41.1 Å². The second kappa shape index (κ2) is 7.70. The molecule has 0 saturated carbocycles. The topological polar surface area (TPSA) is 63.7 Å². The molecule has 0 saturated heterocycles. The van der Waals surface area contributed by atoms with Crippen molar-refractivity contribution >= 4 is 29.5 Å². The molecule has 0 spiro atoms. The highest BCUT2D eigenvalue weighted by Crippen LogP contribution is 2.25. The smallest absolute Gasteiger partial charge is 0.329 e. The number of thioether (sulfide) groups is 1. The van der Waals surface area contributed by atoms with Gasteiger partial charge in [0.15, 0.2) is 0 Å². The normalized spacial score (nSPS) is 14.3. The molecule has 1 heterocycles. The molecule has 0 bridgehead atoms. The van der Waals surface area contributed by atoms with Crippen LogP contribution in [0.3, 0.4) is 0 Å². The molecule has 0 unspecified atom stereocenters. The first kappa shape index (κ1) is 18.1. The van der Waals surface area contributed by atoms with Gasteiger partial charge in [0.2, 0.25) is 0 Å². The van der Waals surface area contributed by atoms with Crippen LogP contribution in [0.2, 0.25) is 0 Å². The summed E-state index contributed by atoms with van der Waals surface area (Å²) in [6.45, 7) is 1.50. The molecule has 1 atom stereocenters. The SMILES string of the molecule is C[C@H](C(=O)OCCSc1ccccc1F)N1C(=O)c2ccccc2C1=O. The van der Waals surface area contributed by atoms with Crippen LogP contribution in [0.4, 0.5) is 4.39 Å². The van der Waals surface area contributed by atoms with E-state index >= 15 is 0 Å². The first-order chi connectivity index (χ1) is 12.5. The van der Waals surface area contributed by atoms with E-state index in [4.69, 9.17) is 4.74 Å². The third-order valence-electron chi connectivity index (χ3n) is 3.98. The van der Waals surface area contributed by atoms with Crippen molar-refractivity contribution in [3.8, 4) is 0 Å². The first-order valence-corrected chi connectivity index (χ1v) is 9.00. The van der Waals surface area contributed by atoms with Crippen LogP contribution in [-0.2, 0) is 9.53 Å². The van der Waals surface area contributed by atoms with E-state index < -0.39 is 23.8 Å². The van der Waals surface area contributed by atoms with Gasteiger partial charge in [-0.05, 0) is 31.2 Å². The number of benzene rings is 2. The minimum absolute atomic E-state index is 0.0470. The minimum Gasteiger partial charge on any atom is -0.463 e. The molecule has 0 fully saturated rings. The summed E-state index contributed by atoms with van der Waals surface area (Å²) in [6, 6.07) is 11.7. The van der Waals surface area contributed by atoms with Crippen molar-refractivity contribution < 1.29 is 23.5 Å². The van der Waals surface area contributed by atoms with E-state index in [9.17, 15) is 18.8 Å². The Morgan fingerprint density at radius 3 is 2.27 bits per heavy atom. The lowest BCUT2D eigenvalue weighted by Gasteiger charge is -2.20. The van der Waals surface area contributed by atoms with E-state index in [1.165, 1.54) is 24.8 Å². The van der Waals surface area contributed by atoms with Gasteiger partial charge in [0, 0.05) is 10.6 Å². The molecule has 0 N–H and O–H groups in total. The van der Waals surface area contributed by atoms with E-state index in [2.05, 4.69) is 0 Å². The van der Waals surface area contributed by atoms with Crippen molar-refractivity contribution in [2.24, 2.45) is 0 Å². The quantitative estimate of drug-likeness (QED) is 0.337. The summed E-state index contributed by atoms with van der Waals surface area (Å²) < 4.78 is 18.7. The van der Waals surface area contributed by atoms with Gasteiger partial charge in [0.1, 0.15) is 18.5 Å². The molecule has 0 aromatic heterocycles. The fraction of sp³-hybridized carbons (Fsp3) is 0.211. The van der Waals surface area contributed by atoms with Gasteiger partial charge in [-0.25, -0.2) is 9.18 Å². The Kier molecular flexibility index (Phi) is 5.37. The molecule has 7 heteroatoms. The molecule has 134 valence electrons. The minimum atomic E-state index is -1.03. The molecule has 2 amide bonds. The fourth-order valence-electron chi connectivity index (χ4n) is 2.64. The summed E-state index contributed by atoms with van der Waals surface area (Å²) in [5.74, 6) is -1.65. The molecule has 1 aliphatic heterocycles. The maximum absolute atomic E-state index is 13.5. The lowest BCUT2D eigenvalue weighted by molar-refractivity contribution is -0.147. The highest BCUT2D eigenvalue weighted by molar-refractivity contribution is 7.99. The second-order valence-electron chi connectivity index (χ2n) is 5.65. The van der Waals surface area contributed by atoms with Gasteiger partial charge in [-0.1, -0.05) is 24.3 Å². The lowest BCUT2D eigenvalue weighted by Crippen LogP contribution is -2.43. The molecule has 5 nitrogen and oxygen atoms in total. The van der Waals surface area contributed by atoms with Crippen molar-refractivity contribution in [1.82, 2.24) is 4.90 Å². The number of amides is 2. The Balaban J connectivity index is 1.55. The van der Waals surface area contributed by atoms with Crippen LogP contribution >= 0.6 is 11.8 Å². The zero-order chi connectivity index (χ0) is 18.7. The summed E-state index contributed by atoms with van der Waals surface area (Å²) in [6.07, 6.45) is 0. The number of fused-ring (bicyclic) bond motifs is 1. The Bertz CT molecular complexity index is 835. The van der Waals surface area contributed by atoms with Crippen LogP contribution in [0, 0.1) is 5.82 Å². The number of hydrogen-bond donors (Lipinski definition) is 0. The molecule has 2 aromatic carbocycles. The molecular formula is C19H16FNO4S. The van der Waals surface area contributed by atoms with Gasteiger partial charge in [-0.2, -0.15) is 0 Å². The van der Waals surface area contributed by atoms with Crippen LogP contribution in [0.25, 0.3) is 0 Å². The van der Waals surface area contributed by atoms with Crippen LogP contribution < -0.4 is 0 Å². The summed E-state index contributed by atoms with van der Waals surface area (Å²) >= 11 is 1.22. The summed E-state index contributed by atoms with van der Waals surface area (Å²) in [5.41, 5.74) is 0.569. The molecule has 0 radical (unpaired) electrons. The maximum atomic E-state index is 13.5. The third-order valence-corrected chi connectivity index (χ3v) is 4.99. The van der Waals surface area contributed by atoms with Crippen LogP contribution in [0.5, 0.6) is 0 Å². The van der Waals surface area contributed by atoms with E-state index in [0.717, 1.165) is 4.90 Å². The highest BCUT2D eigenvalue weighted by Gasteiger charge is 2.41. The average molecular weight is 373 g/mol. The first-order valence-electron chi connectivity index (χ1n) is 8.01. The Labute approximate surface area is 154 Å². The molecule has 26 heavy (non-hydrogen) atoms. The number of esters is 1. The van der Waals surface area contributed by atoms with Crippen molar-refractivity contribution in [2.45, 2.75) is 17.9 Å². The van der Waals surface area contributed by atoms with Gasteiger partial charge < -0.3 is 4.74 Å². The van der Waals surface area contributed by atoms with Crippen molar-refractivity contribution in [3.63, 3.8) is 0 Å². The van der Waals surface area contributed by atoms with Gasteiger partial charge >= 0.3 is 5.97 Å². The van der Waals surface area contributed by atoms with Gasteiger partial charge in [-0.3, -0.25) is 14.5 Å². The zero-order valence-corrected chi connectivity index (χ0v) is 14.8. The van der Waals surface area contributed by atoms with E-state index in [1.807, 2.05) is 0 Å². The number of hydrogen-bond acceptors (Lipinski definition) is 5. The highest BCUT2D eigenvalue weighted by atomic mass is 32.2. The molecule has 3 rings (SSSR count). The molecule has 1 aliphatic rings. The number of carbonyl (C=O) groups excluding carboxylic acids is 3. The lowest BCUT2D eigenvalue weighted by atomic mass is 10.1. The number of imide groups is 1. The zero-order valence-electron chi connectivity index (χ0n) is 14.0. The van der Waals surface area contributed by atoms with Crippen molar-refractivity contribution in [3.05, 3.63) is 65.5 Å². The number of ether oxygens (including phenoxy) is 1. The van der Waals surface area contributed by atoms with Crippen molar-refractivity contribution in [1.29, 1.82) is 0 Å². The van der Waals surface area contributed by atoms with E-state index in [-0.39, 0.29) is 23.6 Å². The summed E-state index contributed by atoms with van der Waals surface area (Å²) in [7, 11) is 0. The van der Waals surface area contributed by atoms with Crippen LogP contribution in [0.1, 0.15) is 27.6 Å². The third kappa shape index (κ3) is 3.48. The standard InChI is InChI=1S/C19H16FNO4S/c1-12(21-17(22)13-6-2-3-7-14(13)18(21)23)19(24)25-10-11-26-16-9-5-4-8-15(16)20/h2-9,12H,10-11H2,1H3/t12-/m1/s1. The van der Waals surface area contributed by atoms with Gasteiger partial charge in [0.05, 0.1) is 11.1 Å². The Hall–Kier alpha value is -2.67. The van der Waals surface area contributed by atoms with Crippen LogP contribution in [0.15, 0.2) is 53.4 Å². The number of halogens is 1. The Morgan fingerprint density at radius 1 is 1.08 bits per heavy atom. The monoisotopic (exact) mass is 373 g/mol. The number of rotatable bonds is 6. The molecular weight excluding hydrogens is 357 g/mol. The van der Waals surface area contributed by atoms with E-state index in [0.29, 0.717) is 10.6 Å². The largest absolute Gasteiger partial charge is 0.463 e.